The SMILES string of the molecule is COc1nncc(-c2ccc(Br)o2)c1C(=O)O. The summed E-state index contributed by atoms with van der Waals surface area (Å²) in [6.45, 7) is 0. The minimum absolute atomic E-state index is 0.0532. The molecule has 17 heavy (non-hydrogen) atoms. The Kier molecular flexibility index (Phi) is 3.10. The number of carboxylic acid groups (broad SMARTS) is 1. The van der Waals surface area contributed by atoms with Gasteiger partial charge in [0, 0.05) is 0 Å². The summed E-state index contributed by atoms with van der Waals surface area (Å²) >= 11 is 3.15. The van der Waals surface area contributed by atoms with Crippen LogP contribution in [0, 0.1) is 0 Å². The Labute approximate surface area is 104 Å². The van der Waals surface area contributed by atoms with Crippen molar-refractivity contribution < 1.29 is 19.1 Å². The summed E-state index contributed by atoms with van der Waals surface area (Å²) < 4.78 is 10.7. The molecule has 1 N–H and O–H groups in total. The summed E-state index contributed by atoms with van der Waals surface area (Å²) in [7, 11) is 1.33. The van der Waals surface area contributed by atoms with Crippen molar-refractivity contribution in [2.45, 2.75) is 0 Å². The van der Waals surface area contributed by atoms with Crippen molar-refractivity contribution in [1.82, 2.24) is 10.2 Å². The van der Waals surface area contributed by atoms with Gasteiger partial charge in [-0.15, -0.1) is 5.10 Å². The van der Waals surface area contributed by atoms with Gasteiger partial charge in [0.2, 0.25) is 5.88 Å². The van der Waals surface area contributed by atoms with Gasteiger partial charge in [0.1, 0.15) is 11.3 Å². The summed E-state index contributed by atoms with van der Waals surface area (Å²) in [5.41, 5.74) is 0.236. The van der Waals surface area contributed by atoms with Crippen LogP contribution in [0.5, 0.6) is 5.88 Å². The van der Waals surface area contributed by atoms with Crippen LogP contribution >= 0.6 is 15.9 Å². The average Bonchev–Trinajstić information content (AvgIpc) is 2.74. The molecule has 7 heteroatoms. The standard InChI is InChI=1S/C10H7BrN2O4/c1-16-9-8(10(14)15)5(4-12-13-9)6-2-3-7(11)17-6/h2-4H,1H3,(H,14,15). The van der Waals surface area contributed by atoms with Gasteiger partial charge in [-0.05, 0) is 28.1 Å². The van der Waals surface area contributed by atoms with E-state index in [2.05, 4.69) is 26.1 Å². The Morgan fingerprint density at radius 3 is 2.82 bits per heavy atom. The van der Waals surface area contributed by atoms with Gasteiger partial charge >= 0.3 is 5.97 Å². The molecule has 0 radical (unpaired) electrons. The first-order valence-corrected chi connectivity index (χ1v) is 5.31. The van der Waals surface area contributed by atoms with Crippen molar-refractivity contribution in [1.29, 1.82) is 0 Å². The molecule has 0 fully saturated rings. The van der Waals surface area contributed by atoms with Gasteiger partial charge in [-0.2, -0.15) is 5.10 Å². The molecule has 0 aliphatic carbocycles. The molecule has 0 bridgehead atoms. The molecule has 2 rings (SSSR count). The fraction of sp³-hybridized carbons (Fsp3) is 0.100. The number of nitrogens with zero attached hydrogens (tertiary/aromatic N) is 2. The van der Waals surface area contributed by atoms with Crippen molar-refractivity contribution in [3.63, 3.8) is 0 Å². The Morgan fingerprint density at radius 1 is 1.53 bits per heavy atom. The van der Waals surface area contributed by atoms with Crippen LogP contribution in [0.3, 0.4) is 0 Å². The molecule has 0 amide bonds. The number of aromatic nitrogens is 2. The van der Waals surface area contributed by atoms with Crippen LogP contribution in [0.4, 0.5) is 0 Å². The maximum absolute atomic E-state index is 11.2. The predicted octanol–water partition coefficient (Wildman–Crippen LogP) is 2.21. The van der Waals surface area contributed by atoms with Crippen LogP contribution < -0.4 is 4.74 Å². The van der Waals surface area contributed by atoms with E-state index in [1.54, 1.807) is 12.1 Å². The molecular weight excluding hydrogens is 292 g/mol. The van der Waals surface area contributed by atoms with E-state index in [-0.39, 0.29) is 11.4 Å². The molecular formula is C10H7BrN2O4. The van der Waals surface area contributed by atoms with E-state index in [0.29, 0.717) is 16.0 Å². The van der Waals surface area contributed by atoms with E-state index in [9.17, 15) is 4.79 Å². The number of halogens is 1. The highest BCUT2D eigenvalue weighted by Gasteiger charge is 2.21. The Balaban J connectivity index is 2.65. The highest BCUT2D eigenvalue weighted by Crippen LogP contribution is 2.30. The third-order valence-electron chi connectivity index (χ3n) is 2.06. The maximum atomic E-state index is 11.2. The number of furan rings is 1. The number of carbonyl (C=O) groups is 1. The number of methoxy groups -OCH3 is 1. The van der Waals surface area contributed by atoms with E-state index in [4.69, 9.17) is 14.3 Å². The molecule has 0 aromatic carbocycles. The molecule has 6 nitrogen and oxygen atoms in total. The lowest BCUT2D eigenvalue weighted by atomic mass is 10.1. The van der Waals surface area contributed by atoms with Crippen molar-refractivity contribution >= 4 is 21.9 Å². The van der Waals surface area contributed by atoms with E-state index in [0.717, 1.165) is 0 Å². The first-order chi connectivity index (χ1) is 8.13. The third kappa shape index (κ3) is 2.14. The number of rotatable bonds is 3. The Morgan fingerprint density at radius 2 is 2.29 bits per heavy atom. The zero-order valence-electron chi connectivity index (χ0n) is 8.68. The lowest BCUT2D eigenvalue weighted by molar-refractivity contribution is 0.0692. The minimum atomic E-state index is -1.15. The number of hydrogen-bond donors (Lipinski definition) is 1. The number of ether oxygens (including phenoxy) is 1. The molecule has 0 atom stereocenters. The molecule has 2 aromatic heterocycles. The zero-order chi connectivity index (χ0) is 12.4. The minimum Gasteiger partial charge on any atom is -0.479 e. The molecule has 0 aliphatic heterocycles. The fourth-order valence-corrected chi connectivity index (χ4v) is 1.67. The average molecular weight is 299 g/mol. The second kappa shape index (κ2) is 4.54. The molecule has 2 heterocycles. The van der Waals surface area contributed by atoms with E-state index >= 15 is 0 Å². The molecule has 0 spiro atoms. The largest absolute Gasteiger partial charge is 0.479 e. The van der Waals surface area contributed by atoms with Crippen LogP contribution in [-0.2, 0) is 0 Å². The number of hydrogen-bond acceptors (Lipinski definition) is 5. The summed E-state index contributed by atoms with van der Waals surface area (Å²) in [5.74, 6) is -0.829. The first-order valence-electron chi connectivity index (χ1n) is 4.52. The molecule has 0 unspecified atom stereocenters. The van der Waals surface area contributed by atoms with E-state index < -0.39 is 5.97 Å². The Bertz CT molecular complexity index is 567. The molecule has 88 valence electrons. The van der Waals surface area contributed by atoms with Gasteiger partial charge < -0.3 is 14.3 Å². The van der Waals surface area contributed by atoms with Gasteiger partial charge in [0.15, 0.2) is 4.67 Å². The van der Waals surface area contributed by atoms with Crippen LogP contribution in [0.2, 0.25) is 0 Å². The van der Waals surface area contributed by atoms with Crippen LogP contribution in [0.25, 0.3) is 11.3 Å². The topological polar surface area (TPSA) is 85.5 Å². The van der Waals surface area contributed by atoms with Crippen LogP contribution in [0.15, 0.2) is 27.4 Å². The second-order valence-electron chi connectivity index (χ2n) is 3.05. The van der Waals surface area contributed by atoms with Crippen LogP contribution in [0.1, 0.15) is 10.4 Å². The van der Waals surface area contributed by atoms with Gasteiger partial charge in [0.05, 0.1) is 18.9 Å². The van der Waals surface area contributed by atoms with Gasteiger partial charge in [0.25, 0.3) is 0 Å². The normalized spacial score (nSPS) is 10.2. The van der Waals surface area contributed by atoms with Gasteiger partial charge in [-0.25, -0.2) is 4.79 Å². The lowest BCUT2D eigenvalue weighted by Crippen LogP contribution is -2.06. The van der Waals surface area contributed by atoms with Crippen molar-refractivity contribution in [2.75, 3.05) is 7.11 Å². The highest BCUT2D eigenvalue weighted by atomic mass is 79.9. The summed E-state index contributed by atoms with van der Waals surface area (Å²) in [4.78, 5) is 11.2. The number of carboxylic acids is 1. The van der Waals surface area contributed by atoms with E-state index in [1.807, 2.05) is 0 Å². The molecule has 0 saturated heterocycles. The summed E-state index contributed by atoms with van der Waals surface area (Å²) in [5, 5.41) is 16.4. The molecule has 0 aliphatic rings. The number of aromatic carboxylic acids is 1. The van der Waals surface area contributed by atoms with Crippen molar-refractivity contribution in [2.24, 2.45) is 0 Å². The van der Waals surface area contributed by atoms with Crippen molar-refractivity contribution in [3.8, 4) is 17.2 Å². The van der Waals surface area contributed by atoms with E-state index in [1.165, 1.54) is 13.3 Å². The van der Waals surface area contributed by atoms with Crippen molar-refractivity contribution in [3.05, 3.63) is 28.6 Å². The quantitative estimate of drug-likeness (QED) is 0.935. The molecule has 2 aromatic rings. The summed E-state index contributed by atoms with van der Waals surface area (Å²) in [6, 6.07) is 3.29. The van der Waals surface area contributed by atoms with Gasteiger partial charge in [-0.1, -0.05) is 0 Å². The molecule has 0 saturated carbocycles. The third-order valence-corrected chi connectivity index (χ3v) is 2.49. The highest BCUT2D eigenvalue weighted by molar-refractivity contribution is 9.10. The van der Waals surface area contributed by atoms with Gasteiger partial charge in [-0.3, -0.25) is 0 Å². The Hall–Kier alpha value is -1.89. The second-order valence-corrected chi connectivity index (χ2v) is 3.83. The lowest BCUT2D eigenvalue weighted by Gasteiger charge is -2.06. The van der Waals surface area contributed by atoms with Crippen LogP contribution in [-0.4, -0.2) is 28.4 Å². The summed E-state index contributed by atoms with van der Waals surface area (Å²) in [6.07, 6.45) is 1.32. The predicted molar refractivity (Wildman–Crippen MR) is 60.9 cm³/mol. The fourth-order valence-electron chi connectivity index (χ4n) is 1.36. The zero-order valence-corrected chi connectivity index (χ0v) is 10.3. The first kappa shape index (κ1) is 11.6. The smallest absolute Gasteiger partial charge is 0.342 e. The monoisotopic (exact) mass is 298 g/mol. The maximum Gasteiger partial charge on any atom is 0.342 e.